The quantitative estimate of drug-likeness (QED) is 0.648. The van der Waals surface area contributed by atoms with Crippen LogP contribution in [0.5, 0.6) is 0 Å². The number of fused-ring (bicyclic) bond motifs is 1. The van der Waals surface area contributed by atoms with Crippen LogP contribution in [0.25, 0.3) is 0 Å². The number of hydrogen-bond donors (Lipinski definition) is 2. The Hall–Kier alpha value is -1.69. The van der Waals surface area contributed by atoms with Crippen LogP contribution in [0.3, 0.4) is 0 Å². The minimum absolute atomic E-state index is 0.0412. The van der Waals surface area contributed by atoms with Gasteiger partial charge in [-0.25, -0.2) is 0 Å². The molecule has 2 heterocycles. The molecule has 3 saturated carbocycles. The van der Waals surface area contributed by atoms with E-state index in [1.54, 1.807) is 4.57 Å². The largest absolute Gasteiger partial charge is 0.375 e. The zero-order chi connectivity index (χ0) is 17.2. The zero-order valence-corrected chi connectivity index (χ0v) is 14.6. The number of aromatic nitrogens is 2. The molecule has 0 spiro atoms. The first kappa shape index (κ1) is 15.6. The van der Waals surface area contributed by atoms with Gasteiger partial charge in [0.1, 0.15) is 5.84 Å². The molecule has 5 rings (SSSR count). The molecule has 3 aliphatic carbocycles. The van der Waals surface area contributed by atoms with Crippen LogP contribution in [-0.2, 0) is 24.3 Å². The van der Waals surface area contributed by atoms with E-state index in [4.69, 9.17) is 15.6 Å². The molecule has 0 radical (unpaired) electrons. The Morgan fingerprint density at radius 3 is 2.56 bits per heavy atom. The summed E-state index contributed by atoms with van der Waals surface area (Å²) in [5.74, 6) is 1.64. The van der Waals surface area contributed by atoms with Crippen LogP contribution in [0.2, 0.25) is 0 Å². The van der Waals surface area contributed by atoms with Gasteiger partial charge in [0, 0.05) is 24.1 Å². The highest BCUT2D eigenvalue weighted by molar-refractivity contribution is 5.91. The smallest absolute Gasteiger partial charge is 0.293 e. The number of nitrogens with zero attached hydrogens (tertiary/aromatic N) is 2. The molecule has 0 amide bonds. The van der Waals surface area contributed by atoms with Gasteiger partial charge in [-0.15, -0.1) is 0 Å². The second-order valence-corrected chi connectivity index (χ2v) is 8.37. The van der Waals surface area contributed by atoms with E-state index < -0.39 is 0 Å². The van der Waals surface area contributed by atoms with Gasteiger partial charge in [0.2, 0.25) is 0 Å². The summed E-state index contributed by atoms with van der Waals surface area (Å²) < 4.78 is 9.16. The molecule has 1 aliphatic heterocycles. The molecule has 0 unspecified atom stereocenters. The number of ether oxygens (including phenoxy) is 1. The van der Waals surface area contributed by atoms with Crippen LogP contribution in [-0.4, -0.2) is 21.6 Å². The van der Waals surface area contributed by atoms with Gasteiger partial charge in [0.15, 0.2) is 5.49 Å². The minimum atomic E-state index is -0.219. The lowest BCUT2D eigenvalue weighted by Gasteiger charge is -2.31. The molecule has 6 heteroatoms. The maximum absolute atomic E-state index is 13.0. The van der Waals surface area contributed by atoms with Crippen LogP contribution in [0.15, 0.2) is 4.79 Å². The Bertz CT molecular complexity index is 853. The summed E-state index contributed by atoms with van der Waals surface area (Å²) in [5.41, 5.74) is 1.56. The van der Waals surface area contributed by atoms with Crippen molar-refractivity contribution in [3.8, 4) is 0 Å². The van der Waals surface area contributed by atoms with Crippen molar-refractivity contribution in [2.45, 2.75) is 64.5 Å². The molecule has 6 nitrogen and oxygen atoms in total. The van der Waals surface area contributed by atoms with Gasteiger partial charge >= 0.3 is 0 Å². The van der Waals surface area contributed by atoms with Crippen molar-refractivity contribution >= 4 is 5.84 Å². The van der Waals surface area contributed by atoms with E-state index in [1.807, 2.05) is 4.57 Å². The average Bonchev–Trinajstić information content (AvgIpc) is 3.46. The topological polar surface area (TPSA) is 83.9 Å². The average molecular weight is 342 g/mol. The lowest BCUT2D eigenvalue weighted by atomic mass is 9.85. The Morgan fingerprint density at radius 1 is 1.20 bits per heavy atom. The first-order valence-electron chi connectivity index (χ1n) is 9.71. The second-order valence-electron chi connectivity index (χ2n) is 8.37. The Labute approximate surface area is 146 Å². The van der Waals surface area contributed by atoms with Crippen molar-refractivity contribution in [1.29, 1.82) is 10.8 Å². The minimum Gasteiger partial charge on any atom is -0.375 e. The molecule has 0 bridgehead atoms. The van der Waals surface area contributed by atoms with Crippen molar-refractivity contribution < 1.29 is 4.74 Å². The highest BCUT2D eigenvalue weighted by Crippen LogP contribution is 2.62. The van der Waals surface area contributed by atoms with Gasteiger partial charge in [0.25, 0.3) is 5.56 Å². The molecule has 0 atom stereocenters. The highest BCUT2D eigenvalue weighted by Gasteiger charge is 2.58. The molecular formula is C19H26N4O2. The lowest BCUT2D eigenvalue weighted by molar-refractivity contribution is 0.1000. The summed E-state index contributed by atoms with van der Waals surface area (Å²) in [6, 6.07) is 0. The molecule has 134 valence electrons. The summed E-state index contributed by atoms with van der Waals surface area (Å²) in [5, 5.41) is 17.4. The van der Waals surface area contributed by atoms with Gasteiger partial charge in [0.05, 0.1) is 18.9 Å². The van der Waals surface area contributed by atoms with Crippen molar-refractivity contribution in [2.24, 2.45) is 17.3 Å². The van der Waals surface area contributed by atoms with Crippen molar-refractivity contribution in [1.82, 2.24) is 9.13 Å². The Balaban J connectivity index is 1.64. The first-order chi connectivity index (χ1) is 12.1. The molecule has 3 fully saturated rings. The van der Waals surface area contributed by atoms with Gasteiger partial charge < -0.3 is 9.30 Å². The molecule has 25 heavy (non-hydrogen) atoms. The predicted molar refractivity (Wildman–Crippen MR) is 92.8 cm³/mol. The summed E-state index contributed by atoms with van der Waals surface area (Å²) in [4.78, 5) is 13.0. The molecule has 2 N–H and O–H groups in total. The van der Waals surface area contributed by atoms with Crippen molar-refractivity contribution in [3.05, 3.63) is 27.2 Å². The van der Waals surface area contributed by atoms with Crippen LogP contribution in [0, 0.1) is 28.1 Å². The molecule has 0 aromatic carbocycles. The third kappa shape index (κ3) is 2.30. The molecule has 0 saturated heterocycles. The van der Waals surface area contributed by atoms with Crippen LogP contribution in [0.4, 0.5) is 0 Å². The van der Waals surface area contributed by atoms with E-state index in [0.717, 1.165) is 30.8 Å². The summed E-state index contributed by atoms with van der Waals surface area (Å²) in [6.07, 6.45) is 8.76. The van der Waals surface area contributed by atoms with E-state index in [0.29, 0.717) is 37.3 Å². The summed E-state index contributed by atoms with van der Waals surface area (Å²) >= 11 is 0. The number of hydrogen-bond acceptors (Lipinski definition) is 4. The van der Waals surface area contributed by atoms with E-state index >= 15 is 0 Å². The van der Waals surface area contributed by atoms with Crippen molar-refractivity contribution in [2.75, 3.05) is 6.61 Å². The van der Waals surface area contributed by atoms with E-state index in [9.17, 15) is 4.79 Å². The molecule has 4 aliphatic rings. The summed E-state index contributed by atoms with van der Waals surface area (Å²) in [6.45, 7) is 1.76. The number of nitrogens with one attached hydrogen (secondary N) is 2. The SMILES string of the molecule is N=C(n1c2c(n(CC3CCC3)c(=O)c1=N)CCOC2)C1(C2CC2)CC1. The van der Waals surface area contributed by atoms with Crippen LogP contribution < -0.4 is 11.0 Å². The van der Waals surface area contributed by atoms with Gasteiger partial charge in [-0.2, -0.15) is 0 Å². The van der Waals surface area contributed by atoms with Crippen molar-refractivity contribution in [3.63, 3.8) is 0 Å². The second kappa shape index (κ2) is 5.40. The Kier molecular flexibility index (Phi) is 3.36. The molecular weight excluding hydrogens is 316 g/mol. The number of rotatable bonds is 4. The Morgan fingerprint density at radius 2 is 1.96 bits per heavy atom. The lowest BCUT2D eigenvalue weighted by Crippen LogP contribution is -2.50. The van der Waals surface area contributed by atoms with E-state index in [1.165, 1.54) is 32.1 Å². The van der Waals surface area contributed by atoms with Gasteiger partial charge in [-0.3, -0.25) is 20.2 Å². The summed E-state index contributed by atoms with van der Waals surface area (Å²) in [7, 11) is 0. The predicted octanol–water partition coefficient (Wildman–Crippen LogP) is 2.02. The fraction of sp³-hybridized carbons (Fsp3) is 0.737. The standard InChI is InChI=1S/C19H26N4O2/c20-16-17(24)22(10-12-2-1-3-12)14-6-9-25-11-15(14)23(16)18(21)19(7-8-19)13-4-5-13/h12-13,20-21H,1-11H2. The fourth-order valence-electron chi connectivity index (χ4n) is 4.74. The van der Waals surface area contributed by atoms with E-state index in [-0.39, 0.29) is 16.5 Å². The van der Waals surface area contributed by atoms with Crippen LogP contribution >= 0.6 is 0 Å². The maximum atomic E-state index is 13.0. The molecule has 1 aromatic heterocycles. The third-order valence-electron chi connectivity index (χ3n) is 6.83. The van der Waals surface area contributed by atoms with Gasteiger partial charge in [-0.1, -0.05) is 6.42 Å². The monoisotopic (exact) mass is 342 g/mol. The fourth-order valence-corrected chi connectivity index (χ4v) is 4.74. The first-order valence-corrected chi connectivity index (χ1v) is 9.71. The van der Waals surface area contributed by atoms with Crippen LogP contribution in [0.1, 0.15) is 56.3 Å². The highest BCUT2D eigenvalue weighted by atomic mass is 16.5. The normalized spacial score (nSPS) is 24.5. The molecule has 1 aromatic rings. The van der Waals surface area contributed by atoms with Gasteiger partial charge in [-0.05, 0) is 50.4 Å². The third-order valence-corrected chi connectivity index (χ3v) is 6.83. The van der Waals surface area contributed by atoms with E-state index in [2.05, 4.69) is 0 Å². The zero-order valence-electron chi connectivity index (χ0n) is 14.6. The maximum Gasteiger partial charge on any atom is 0.293 e.